The molecule has 1 unspecified atom stereocenters. The van der Waals surface area contributed by atoms with Crippen LogP contribution in [-0.2, 0) is 30.3 Å². The standard InChI is InChI=1S/C25H38N6O6/c1-3-5-7-16(4-2)14-37-25(36)30-13-17(27-15-30)12-19(29-23(34)18-9-10-21(32)28-18)24(35)31-11-6-8-20(31)22(26)33/h13,15-16,18-20H,3-12,14H2,1-2H3,(H2,26,33)(H,28,32)(H,29,34)/t16?,18-,19-,20-/m0/s1. The summed E-state index contributed by atoms with van der Waals surface area (Å²) in [6, 6.07) is -2.53. The molecule has 4 N–H and O–H groups in total. The highest BCUT2D eigenvalue weighted by Crippen LogP contribution is 2.20. The van der Waals surface area contributed by atoms with Gasteiger partial charge in [-0.3, -0.25) is 19.2 Å². The maximum Gasteiger partial charge on any atom is 0.419 e. The van der Waals surface area contributed by atoms with Gasteiger partial charge in [0.25, 0.3) is 0 Å². The van der Waals surface area contributed by atoms with Crippen molar-refractivity contribution in [1.82, 2.24) is 25.1 Å². The maximum atomic E-state index is 13.4. The van der Waals surface area contributed by atoms with Crippen LogP contribution in [0.25, 0.3) is 0 Å². The van der Waals surface area contributed by atoms with E-state index >= 15 is 0 Å². The Balaban J connectivity index is 1.69. The van der Waals surface area contributed by atoms with Crippen molar-refractivity contribution in [3.8, 4) is 0 Å². The van der Waals surface area contributed by atoms with Gasteiger partial charge in [-0.15, -0.1) is 0 Å². The van der Waals surface area contributed by atoms with Crippen molar-refractivity contribution < 1.29 is 28.7 Å². The van der Waals surface area contributed by atoms with Gasteiger partial charge in [-0.2, -0.15) is 0 Å². The molecule has 12 heteroatoms. The number of carbonyl (C=O) groups is 5. The predicted octanol–water partition coefficient (Wildman–Crippen LogP) is 0.866. The Morgan fingerprint density at radius 2 is 2.05 bits per heavy atom. The second kappa shape index (κ2) is 13.2. The molecule has 3 rings (SSSR count). The summed E-state index contributed by atoms with van der Waals surface area (Å²) < 4.78 is 6.67. The number of imidazole rings is 1. The fourth-order valence-corrected chi connectivity index (χ4v) is 4.75. The van der Waals surface area contributed by atoms with E-state index in [0.29, 0.717) is 44.0 Å². The lowest BCUT2D eigenvalue weighted by molar-refractivity contribution is -0.140. The van der Waals surface area contributed by atoms with Crippen LogP contribution in [-0.4, -0.2) is 75.5 Å². The van der Waals surface area contributed by atoms with Crippen molar-refractivity contribution in [2.24, 2.45) is 11.7 Å². The number of nitrogens with one attached hydrogen (secondary N) is 2. The van der Waals surface area contributed by atoms with E-state index in [-0.39, 0.29) is 18.7 Å². The molecular formula is C25H38N6O6. The molecule has 0 spiro atoms. The number of unbranched alkanes of at least 4 members (excludes halogenated alkanes) is 1. The number of aromatic nitrogens is 2. The number of amides is 4. The first-order chi connectivity index (χ1) is 17.7. The Morgan fingerprint density at radius 1 is 1.27 bits per heavy atom. The van der Waals surface area contributed by atoms with Crippen molar-refractivity contribution in [2.45, 2.75) is 89.8 Å². The molecular weight excluding hydrogens is 480 g/mol. The first-order valence-electron chi connectivity index (χ1n) is 13.1. The lowest BCUT2D eigenvalue weighted by atomic mass is 10.0. The van der Waals surface area contributed by atoms with E-state index < -0.39 is 41.9 Å². The number of nitrogens with two attached hydrogens (primary N) is 1. The van der Waals surface area contributed by atoms with Crippen LogP contribution >= 0.6 is 0 Å². The summed E-state index contributed by atoms with van der Waals surface area (Å²) in [6.45, 7) is 4.84. The Kier molecular flexibility index (Phi) is 10.0. The van der Waals surface area contributed by atoms with Crippen LogP contribution in [0.1, 0.15) is 70.9 Å². The van der Waals surface area contributed by atoms with Gasteiger partial charge in [0.05, 0.1) is 12.3 Å². The number of ether oxygens (including phenoxy) is 1. The number of rotatable bonds is 12. The van der Waals surface area contributed by atoms with E-state index in [2.05, 4.69) is 29.5 Å². The van der Waals surface area contributed by atoms with E-state index in [1.807, 2.05) is 0 Å². The zero-order chi connectivity index (χ0) is 26.9. The summed E-state index contributed by atoms with van der Waals surface area (Å²) in [6.07, 6.45) is 7.90. The van der Waals surface area contributed by atoms with Crippen molar-refractivity contribution >= 4 is 29.7 Å². The highest BCUT2D eigenvalue weighted by atomic mass is 16.5. The molecule has 1 aromatic rings. The number of primary amides is 1. The number of carbonyl (C=O) groups excluding carboxylic acids is 5. The Labute approximate surface area is 216 Å². The van der Waals surface area contributed by atoms with E-state index in [1.54, 1.807) is 0 Å². The summed E-state index contributed by atoms with van der Waals surface area (Å²) in [5, 5.41) is 5.29. The summed E-state index contributed by atoms with van der Waals surface area (Å²) in [5.74, 6) is -1.49. The zero-order valence-corrected chi connectivity index (χ0v) is 21.6. The van der Waals surface area contributed by atoms with Crippen LogP contribution in [0.3, 0.4) is 0 Å². The van der Waals surface area contributed by atoms with Crippen LogP contribution in [0, 0.1) is 5.92 Å². The van der Waals surface area contributed by atoms with E-state index in [4.69, 9.17) is 10.5 Å². The molecule has 12 nitrogen and oxygen atoms in total. The molecule has 4 amide bonds. The molecule has 2 saturated heterocycles. The van der Waals surface area contributed by atoms with Crippen molar-refractivity contribution in [1.29, 1.82) is 0 Å². The first kappa shape index (κ1) is 28.1. The van der Waals surface area contributed by atoms with Crippen molar-refractivity contribution in [3.63, 3.8) is 0 Å². The molecule has 2 aliphatic heterocycles. The molecule has 2 aliphatic rings. The Morgan fingerprint density at radius 3 is 2.70 bits per heavy atom. The minimum atomic E-state index is -1.05. The molecule has 4 atom stereocenters. The predicted molar refractivity (Wildman–Crippen MR) is 133 cm³/mol. The van der Waals surface area contributed by atoms with Crippen LogP contribution < -0.4 is 16.4 Å². The third-order valence-corrected chi connectivity index (χ3v) is 7.04. The first-order valence-corrected chi connectivity index (χ1v) is 13.1. The molecule has 2 fully saturated rings. The SMILES string of the molecule is CCCCC(CC)COC(=O)n1cnc(C[C@H](NC(=O)[C@@H]2CCC(=O)N2)C(=O)N2CCC[C@H]2C(N)=O)c1. The van der Waals surface area contributed by atoms with Crippen molar-refractivity contribution in [2.75, 3.05) is 13.2 Å². The number of hydrogen-bond donors (Lipinski definition) is 3. The van der Waals surface area contributed by atoms with Crippen LogP contribution in [0.5, 0.6) is 0 Å². The molecule has 0 radical (unpaired) electrons. The van der Waals surface area contributed by atoms with Gasteiger partial charge in [0.15, 0.2) is 0 Å². The quantitative estimate of drug-likeness (QED) is 0.369. The van der Waals surface area contributed by atoms with Crippen LogP contribution in [0.2, 0.25) is 0 Å². The minimum Gasteiger partial charge on any atom is -0.449 e. The molecule has 37 heavy (non-hydrogen) atoms. The molecule has 204 valence electrons. The number of likely N-dealkylation sites (tertiary alicyclic amines) is 1. The fraction of sp³-hybridized carbons (Fsp3) is 0.680. The normalized spacial score (nSPS) is 20.8. The van der Waals surface area contributed by atoms with E-state index in [0.717, 1.165) is 25.7 Å². The van der Waals surface area contributed by atoms with Gasteiger partial charge in [0.1, 0.15) is 24.5 Å². The largest absolute Gasteiger partial charge is 0.449 e. The molecule has 0 aromatic carbocycles. The summed E-state index contributed by atoms with van der Waals surface area (Å²) in [4.78, 5) is 67.8. The monoisotopic (exact) mass is 518 g/mol. The summed E-state index contributed by atoms with van der Waals surface area (Å²) >= 11 is 0. The molecule has 0 bridgehead atoms. The zero-order valence-electron chi connectivity index (χ0n) is 21.6. The van der Waals surface area contributed by atoms with Crippen molar-refractivity contribution in [3.05, 3.63) is 18.2 Å². The fourth-order valence-electron chi connectivity index (χ4n) is 4.75. The van der Waals surface area contributed by atoms with E-state index in [9.17, 15) is 24.0 Å². The van der Waals surface area contributed by atoms with Gasteiger partial charge < -0.3 is 26.0 Å². The average molecular weight is 519 g/mol. The summed E-state index contributed by atoms with van der Waals surface area (Å²) in [7, 11) is 0. The highest BCUT2D eigenvalue weighted by Gasteiger charge is 2.38. The Bertz CT molecular complexity index is 994. The minimum absolute atomic E-state index is 0.0123. The smallest absolute Gasteiger partial charge is 0.419 e. The second-order valence-corrected chi connectivity index (χ2v) is 9.78. The van der Waals surface area contributed by atoms with Gasteiger partial charge in [-0.25, -0.2) is 14.3 Å². The molecule has 0 saturated carbocycles. The van der Waals surface area contributed by atoms with Gasteiger partial charge >= 0.3 is 6.09 Å². The molecule has 1 aromatic heterocycles. The highest BCUT2D eigenvalue weighted by molar-refractivity contribution is 5.95. The third-order valence-electron chi connectivity index (χ3n) is 7.04. The molecule has 0 aliphatic carbocycles. The van der Waals surface area contributed by atoms with Gasteiger partial charge in [-0.1, -0.05) is 33.1 Å². The van der Waals surface area contributed by atoms with Gasteiger partial charge in [0, 0.05) is 25.6 Å². The van der Waals surface area contributed by atoms with Gasteiger partial charge in [-0.05, 0) is 31.6 Å². The molecule has 3 heterocycles. The topological polar surface area (TPSA) is 166 Å². The second-order valence-electron chi connectivity index (χ2n) is 9.78. The van der Waals surface area contributed by atoms with Crippen LogP contribution in [0.4, 0.5) is 4.79 Å². The van der Waals surface area contributed by atoms with E-state index in [1.165, 1.54) is 22.0 Å². The lowest BCUT2D eigenvalue weighted by Gasteiger charge is -2.28. The van der Waals surface area contributed by atoms with Gasteiger partial charge in [0.2, 0.25) is 23.6 Å². The summed E-state index contributed by atoms with van der Waals surface area (Å²) in [5.41, 5.74) is 5.87. The van der Waals surface area contributed by atoms with Crippen LogP contribution in [0.15, 0.2) is 12.5 Å². The maximum absolute atomic E-state index is 13.4. The lowest BCUT2D eigenvalue weighted by Crippen LogP contribution is -2.56. The Hall–Kier alpha value is -3.44. The average Bonchev–Trinajstić information content (AvgIpc) is 3.64. The number of nitrogens with zero attached hydrogens (tertiary/aromatic N) is 3. The number of hydrogen-bond acceptors (Lipinski definition) is 7. The third kappa shape index (κ3) is 7.53.